The molecule has 0 aromatic heterocycles. The molecule has 1 fully saturated rings. The highest BCUT2D eigenvalue weighted by Gasteiger charge is 2.39. The molecule has 2 aliphatic heterocycles. The van der Waals surface area contributed by atoms with E-state index < -0.39 is 54.6 Å². The molecular weight excluding hydrogens is 454 g/mol. The lowest BCUT2D eigenvalue weighted by Gasteiger charge is -2.35. The van der Waals surface area contributed by atoms with Crippen LogP contribution in [0.1, 0.15) is 17.5 Å². The predicted molar refractivity (Wildman–Crippen MR) is 115 cm³/mol. The summed E-state index contributed by atoms with van der Waals surface area (Å²) in [6.07, 6.45) is -4.18. The lowest BCUT2D eigenvalue weighted by molar-refractivity contribution is -0.125. The fourth-order valence-electron chi connectivity index (χ4n) is 4.13. The molecule has 1 saturated heterocycles. The van der Waals surface area contributed by atoms with Crippen molar-refractivity contribution in [3.05, 3.63) is 77.5 Å². The first-order valence-electron chi connectivity index (χ1n) is 10.7. The fraction of sp³-hybridized carbons (Fsp3) is 0.333. The first-order valence-corrected chi connectivity index (χ1v) is 10.7. The highest BCUT2D eigenvalue weighted by Crippen LogP contribution is 2.31. The molecule has 2 heterocycles. The summed E-state index contributed by atoms with van der Waals surface area (Å²) >= 11 is 0. The van der Waals surface area contributed by atoms with E-state index in [9.17, 15) is 27.2 Å². The molecule has 0 bridgehead atoms. The van der Waals surface area contributed by atoms with Crippen LogP contribution in [0.25, 0.3) is 0 Å². The molecule has 34 heavy (non-hydrogen) atoms. The van der Waals surface area contributed by atoms with Gasteiger partial charge in [0.1, 0.15) is 24.1 Å². The number of benzene rings is 2. The number of halogens is 4. The van der Waals surface area contributed by atoms with Gasteiger partial charge < -0.3 is 15.4 Å². The zero-order chi connectivity index (χ0) is 24.4. The number of hydrogen-bond donors (Lipinski definition) is 2. The number of ether oxygens (including phenoxy) is 1. The number of alkyl halides is 2. The Kier molecular flexibility index (Phi) is 6.87. The van der Waals surface area contributed by atoms with Crippen LogP contribution in [-0.2, 0) is 17.8 Å². The number of carbonyl (C=O) groups excluding carboxylic acids is 2. The molecule has 2 amide bonds. The molecule has 2 aliphatic rings. The van der Waals surface area contributed by atoms with Gasteiger partial charge in [0.05, 0.1) is 18.2 Å². The summed E-state index contributed by atoms with van der Waals surface area (Å²) in [6.45, 7) is 3.21. The van der Waals surface area contributed by atoms with Crippen molar-refractivity contribution in [2.24, 2.45) is 0 Å². The SMILES string of the molecule is C=C(NC(=O)[C@H](Cc1ccccc1)N1Cc2c(ccc(F)c2F)OC1=O)C1NCC(F)CC1F. The molecular formula is C24H23F4N3O3. The number of hydrogen-bond acceptors (Lipinski definition) is 4. The fourth-order valence-corrected chi connectivity index (χ4v) is 4.13. The summed E-state index contributed by atoms with van der Waals surface area (Å²) in [6, 6.07) is 8.52. The Hall–Kier alpha value is -3.40. The molecule has 2 N–H and O–H groups in total. The summed E-state index contributed by atoms with van der Waals surface area (Å²) in [7, 11) is 0. The minimum atomic E-state index is -1.60. The van der Waals surface area contributed by atoms with E-state index in [2.05, 4.69) is 17.2 Å². The standard InChI is InChI=1S/C24H23F4N3O3/c1-13(22-18(27)10-15(25)11-29-22)30-23(32)19(9-14-5-3-2-4-6-14)31-12-16-20(34-24(31)33)8-7-17(26)21(16)28/h2-8,15,18-19,22,29H,1,9-12H2,(H,30,32)/t15?,18?,19-,22?/m0/s1. The maximum absolute atomic E-state index is 14.4. The Labute approximate surface area is 193 Å². The van der Waals surface area contributed by atoms with Crippen molar-refractivity contribution in [2.45, 2.75) is 43.8 Å². The third-order valence-corrected chi connectivity index (χ3v) is 5.93. The molecule has 3 unspecified atom stereocenters. The van der Waals surface area contributed by atoms with Crippen molar-refractivity contribution in [2.75, 3.05) is 6.54 Å². The zero-order valence-electron chi connectivity index (χ0n) is 18.1. The smallest absolute Gasteiger partial charge is 0.410 e. The minimum absolute atomic E-state index is 0.0189. The number of carbonyl (C=O) groups is 2. The first kappa shape index (κ1) is 23.7. The van der Waals surface area contributed by atoms with Crippen molar-refractivity contribution in [1.29, 1.82) is 0 Å². The Morgan fingerprint density at radius 3 is 2.65 bits per heavy atom. The molecule has 2 aromatic carbocycles. The lowest BCUT2D eigenvalue weighted by Crippen LogP contribution is -2.56. The van der Waals surface area contributed by atoms with Crippen LogP contribution >= 0.6 is 0 Å². The van der Waals surface area contributed by atoms with Crippen LogP contribution in [0, 0.1) is 11.6 Å². The second-order valence-electron chi connectivity index (χ2n) is 8.29. The molecule has 10 heteroatoms. The van der Waals surface area contributed by atoms with Gasteiger partial charge >= 0.3 is 6.09 Å². The Bertz CT molecular complexity index is 1100. The number of nitrogens with one attached hydrogen (secondary N) is 2. The van der Waals surface area contributed by atoms with Gasteiger partial charge in [-0.05, 0) is 17.7 Å². The summed E-state index contributed by atoms with van der Waals surface area (Å²) in [5.41, 5.74) is 0.465. The minimum Gasteiger partial charge on any atom is -0.410 e. The molecule has 6 nitrogen and oxygen atoms in total. The Balaban J connectivity index is 1.59. The third kappa shape index (κ3) is 4.91. The van der Waals surface area contributed by atoms with E-state index in [4.69, 9.17) is 4.74 Å². The van der Waals surface area contributed by atoms with E-state index in [0.29, 0.717) is 5.56 Å². The van der Waals surface area contributed by atoms with Gasteiger partial charge in [-0.15, -0.1) is 0 Å². The molecule has 4 atom stereocenters. The normalized spacial score (nSPS) is 23.0. The quantitative estimate of drug-likeness (QED) is 0.625. The average Bonchev–Trinajstić information content (AvgIpc) is 2.80. The van der Waals surface area contributed by atoms with Crippen molar-refractivity contribution >= 4 is 12.0 Å². The van der Waals surface area contributed by atoms with Crippen molar-refractivity contribution in [3.8, 4) is 5.75 Å². The summed E-state index contributed by atoms with van der Waals surface area (Å²) in [5.74, 6) is -3.14. The van der Waals surface area contributed by atoms with E-state index >= 15 is 0 Å². The Morgan fingerprint density at radius 2 is 1.94 bits per heavy atom. The van der Waals surface area contributed by atoms with E-state index in [1.807, 2.05) is 0 Å². The molecule has 4 rings (SSSR count). The predicted octanol–water partition coefficient (Wildman–Crippen LogP) is 3.56. The van der Waals surface area contributed by atoms with Gasteiger partial charge in [0.15, 0.2) is 11.6 Å². The van der Waals surface area contributed by atoms with E-state index in [0.717, 1.165) is 17.0 Å². The first-order chi connectivity index (χ1) is 16.2. The molecule has 0 saturated carbocycles. The lowest BCUT2D eigenvalue weighted by atomic mass is 9.98. The van der Waals surface area contributed by atoms with Crippen LogP contribution in [0.5, 0.6) is 5.75 Å². The van der Waals surface area contributed by atoms with Crippen molar-refractivity contribution in [1.82, 2.24) is 15.5 Å². The van der Waals surface area contributed by atoms with E-state index in [1.54, 1.807) is 30.3 Å². The summed E-state index contributed by atoms with van der Waals surface area (Å²) < 4.78 is 61.1. The van der Waals surface area contributed by atoms with E-state index in [-0.39, 0.29) is 36.4 Å². The summed E-state index contributed by atoms with van der Waals surface area (Å²) in [5, 5.41) is 5.17. The number of amides is 2. The number of piperidine rings is 1. The van der Waals surface area contributed by atoms with Crippen LogP contribution in [0.2, 0.25) is 0 Å². The van der Waals surface area contributed by atoms with Gasteiger partial charge in [0, 0.05) is 25.1 Å². The van der Waals surface area contributed by atoms with Gasteiger partial charge in [-0.1, -0.05) is 36.9 Å². The van der Waals surface area contributed by atoms with Crippen LogP contribution in [-0.4, -0.2) is 47.9 Å². The van der Waals surface area contributed by atoms with Gasteiger partial charge in [-0.2, -0.15) is 0 Å². The van der Waals surface area contributed by atoms with Gasteiger partial charge in [-0.25, -0.2) is 22.4 Å². The second-order valence-corrected chi connectivity index (χ2v) is 8.29. The number of nitrogens with zero attached hydrogens (tertiary/aromatic N) is 1. The third-order valence-electron chi connectivity index (χ3n) is 5.93. The van der Waals surface area contributed by atoms with Crippen molar-refractivity contribution < 1.29 is 31.9 Å². The Morgan fingerprint density at radius 1 is 1.21 bits per heavy atom. The molecule has 180 valence electrons. The number of fused-ring (bicyclic) bond motifs is 1. The van der Waals surface area contributed by atoms with Crippen LogP contribution < -0.4 is 15.4 Å². The number of rotatable bonds is 6. The topological polar surface area (TPSA) is 70.7 Å². The van der Waals surface area contributed by atoms with Gasteiger partial charge in [0.25, 0.3) is 0 Å². The van der Waals surface area contributed by atoms with Crippen LogP contribution in [0.3, 0.4) is 0 Å². The van der Waals surface area contributed by atoms with Crippen LogP contribution in [0.4, 0.5) is 22.4 Å². The highest BCUT2D eigenvalue weighted by molar-refractivity contribution is 5.88. The van der Waals surface area contributed by atoms with Gasteiger partial charge in [-0.3, -0.25) is 9.69 Å². The van der Waals surface area contributed by atoms with Crippen LogP contribution in [0.15, 0.2) is 54.7 Å². The highest BCUT2D eigenvalue weighted by atomic mass is 19.2. The van der Waals surface area contributed by atoms with Crippen molar-refractivity contribution in [3.63, 3.8) is 0 Å². The average molecular weight is 477 g/mol. The molecule has 0 radical (unpaired) electrons. The maximum atomic E-state index is 14.4. The molecule has 0 aliphatic carbocycles. The largest absolute Gasteiger partial charge is 0.416 e. The zero-order valence-corrected chi connectivity index (χ0v) is 18.1. The van der Waals surface area contributed by atoms with Gasteiger partial charge in [0.2, 0.25) is 5.91 Å². The second kappa shape index (κ2) is 9.84. The summed E-state index contributed by atoms with van der Waals surface area (Å²) in [4.78, 5) is 27.0. The maximum Gasteiger partial charge on any atom is 0.416 e. The monoisotopic (exact) mass is 477 g/mol. The van der Waals surface area contributed by atoms with E-state index in [1.165, 1.54) is 0 Å². The molecule has 2 aromatic rings. The molecule has 0 spiro atoms.